The molecule has 2 amide bonds. The number of aliphatic hydroxyl groups is 1. The maximum Gasteiger partial charge on any atom is 0.393 e. The number of anilines is 1. The number of nitrogens with two attached hydrogens (primary N) is 1. The van der Waals surface area contributed by atoms with E-state index in [4.69, 9.17) is 5.73 Å². The van der Waals surface area contributed by atoms with Crippen LogP contribution in [0.25, 0.3) is 0 Å². The molecule has 0 saturated carbocycles. The zero-order valence-corrected chi connectivity index (χ0v) is 16.8. The van der Waals surface area contributed by atoms with Crippen molar-refractivity contribution < 1.29 is 27.9 Å². The fraction of sp³-hybridized carbons (Fsp3) is 0.381. The summed E-state index contributed by atoms with van der Waals surface area (Å²) < 4.78 is 37.8. The maximum atomic E-state index is 12.7. The number of aromatic nitrogens is 1. The van der Waals surface area contributed by atoms with Gasteiger partial charge < -0.3 is 16.2 Å². The first kappa shape index (κ1) is 22.7. The van der Waals surface area contributed by atoms with Crippen LogP contribution < -0.4 is 11.1 Å². The van der Waals surface area contributed by atoms with Crippen LogP contribution in [-0.2, 0) is 17.8 Å². The summed E-state index contributed by atoms with van der Waals surface area (Å²) in [4.78, 5) is 29.4. The second-order valence-corrected chi connectivity index (χ2v) is 7.75. The van der Waals surface area contributed by atoms with E-state index in [9.17, 15) is 27.9 Å². The molecule has 0 saturated heterocycles. The van der Waals surface area contributed by atoms with Crippen LogP contribution in [0.2, 0.25) is 0 Å². The first-order valence-corrected chi connectivity index (χ1v) is 9.66. The molecule has 1 aromatic carbocycles. The van der Waals surface area contributed by atoms with Crippen molar-refractivity contribution in [3.8, 4) is 0 Å². The average Bonchev–Trinajstić information content (AvgIpc) is 2.66. The Balaban J connectivity index is 1.74. The maximum absolute atomic E-state index is 12.7. The summed E-state index contributed by atoms with van der Waals surface area (Å²) in [6.45, 7) is 3.14. The summed E-state index contributed by atoms with van der Waals surface area (Å²) in [6.07, 6.45) is -4.39. The van der Waals surface area contributed by atoms with Crippen LogP contribution in [0.4, 0.5) is 18.9 Å². The van der Waals surface area contributed by atoms with Crippen LogP contribution in [0.15, 0.2) is 36.7 Å². The third-order valence-corrected chi connectivity index (χ3v) is 5.08. The Kier molecular flexibility index (Phi) is 6.61. The highest BCUT2D eigenvalue weighted by atomic mass is 19.4. The van der Waals surface area contributed by atoms with Gasteiger partial charge in [-0.15, -0.1) is 0 Å². The van der Waals surface area contributed by atoms with Crippen LogP contribution in [0, 0.1) is 0 Å². The average molecular weight is 436 g/mol. The third-order valence-electron chi connectivity index (χ3n) is 5.08. The lowest BCUT2D eigenvalue weighted by molar-refractivity contribution is -0.128. The van der Waals surface area contributed by atoms with Crippen molar-refractivity contribution in [2.45, 2.75) is 38.1 Å². The molecular formula is C21H23F3N4O3. The summed E-state index contributed by atoms with van der Waals surface area (Å²) >= 11 is 0. The van der Waals surface area contributed by atoms with Gasteiger partial charge in [-0.05, 0) is 40.8 Å². The lowest BCUT2D eigenvalue weighted by atomic mass is 9.89. The second kappa shape index (κ2) is 9.03. The molecule has 0 radical (unpaired) electrons. The first-order valence-electron chi connectivity index (χ1n) is 9.66. The monoisotopic (exact) mass is 436 g/mol. The van der Waals surface area contributed by atoms with Gasteiger partial charge in [-0.1, -0.05) is 13.0 Å². The molecule has 10 heteroatoms. The van der Waals surface area contributed by atoms with Crippen molar-refractivity contribution in [3.63, 3.8) is 0 Å². The summed E-state index contributed by atoms with van der Waals surface area (Å²) in [5, 5.41) is 12.3. The fourth-order valence-corrected chi connectivity index (χ4v) is 3.72. The van der Waals surface area contributed by atoms with Crippen molar-refractivity contribution >= 4 is 17.5 Å². The van der Waals surface area contributed by atoms with Crippen LogP contribution in [0.3, 0.4) is 0 Å². The highest BCUT2D eigenvalue weighted by Crippen LogP contribution is 2.29. The van der Waals surface area contributed by atoms with Crippen molar-refractivity contribution in [3.05, 3.63) is 58.9 Å². The van der Waals surface area contributed by atoms with Crippen molar-refractivity contribution in [2.24, 2.45) is 5.73 Å². The highest BCUT2D eigenvalue weighted by Gasteiger charge is 2.28. The number of rotatable bonds is 6. The summed E-state index contributed by atoms with van der Waals surface area (Å²) in [5.74, 6) is -1.16. The minimum atomic E-state index is -4.37. The van der Waals surface area contributed by atoms with E-state index in [1.165, 1.54) is 12.3 Å². The van der Waals surface area contributed by atoms with E-state index in [0.717, 1.165) is 17.3 Å². The number of pyridine rings is 1. The number of hydrogen-bond acceptors (Lipinski definition) is 5. The molecule has 0 bridgehead atoms. The number of fused-ring (bicyclic) bond motifs is 1. The fourth-order valence-electron chi connectivity index (χ4n) is 3.72. The molecule has 166 valence electrons. The third kappa shape index (κ3) is 6.02. The van der Waals surface area contributed by atoms with Gasteiger partial charge in [-0.3, -0.25) is 19.5 Å². The number of aliphatic hydroxyl groups excluding tert-OH is 1. The topological polar surface area (TPSA) is 109 Å². The zero-order valence-electron chi connectivity index (χ0n) is 16.8. The molecule has 1 aliphatic heterocycles. The first-order chi connectivity index (χ1) is 14.5. The van der Waals surface area contributed by atoms with Crippen LogP contribution in [-0.4, -0.2) is 52.2 Å². The smallest absolute Gasteiger partial charge is 0.382 e. The van der Waals surface area contributed by atoms with Gasteiger partial charge in [-0.25, -0.2) is 0 Å². The molecule has 0 unspecified atom stereocenters. The van der Waals surface area contributed by atoms with Gasteiger partial charge >= 0.3 is 6.18 Å². The number of hydrogen-bond donors (Lipinski definition) is 3. The van der Waals surface area contributed by atoms with Gasteiger partial charge in [0.1, 0.15) is 6.10 Å². The van der Waals surface area contributed by atoms with Gasteiger partial charge in [0.05, 0.1) is 18.3 Å². The molecule has 1 aliphatic rings. The molecule has 0 aliphatic carbocycles. The number of amides is 2. The number of alkyl halides is 3. The number of primary amides is 1. The molecule has 2 heterocycles. The number of β-amino-alcohol motifs (C(OH)–C–C–N with tert-alkyl or cyclic N) is 1. The minimum absolute atomic E-state index is 0.0479. The molecule has 2 atom stereocenters. The van der Waals surface area contributed by atoms with E-state index in [1.807, 2.05) is 17.9 Å². The van der Waals surface area contributed by atoms with Gasteiger partial charge in [0, 0.05) is 31.4 Å². The van der Waals surface area contributed by atoms with Gasteiger partial charge in [-0.2, -0.15) is 13.2 Å². The largest absolute Gasteiger partial charge is 0.393 e. The normalized spacial score (nSPS) is 17.6. The van der Waals surface area contributed by atoms with Gasteiger partial charge in [0.2, 0.25) is 5.91 Å². The van der Waals surface area contributed by atoms with E-state index in [0.29, 0.717) is 18.7 Å². The molecule has 31 heavy (non-hydrogen) atoms. The number of nitrogens with zero attached hydrogens (tertiary/aromatic N) is 2. The van der Waals surface area contributed by atoms with E-state index in [2.05, 4.69) is 10.3 Å². The predicted molar refractivity (Wildman–Crippen MR) is 107 cm³/mol. The van der Waals surface area contributed by atoms with Crippen LogP contribution >= 0.6 is 0 Å². The predicted octanol–water partition coefficient (Wildman–Crippen LogP) is 2.20. The molecule has 1 aromatic heterocycles. The highest BCUT2D eigenvalue weighted by molar-refractivity contribution is 6.04. The van der Waals surface area contributed by atoms with E-state index in [-0.39, 0.29) is 23.7 Å². The Morgan fingerprint density at radius 1 is 1.32 bits per heavy atom. The SMILES string of the molecule is C[C@H]1CN(C[C@@H](O)C(N)=O)Cc2cc(C(=O)Nc3cncc(CC(F)(F)F)c3)ccc21. The molecule has 2 aromatic rings. The number of nitrogens with one attached hydrogen (secondary N) is 1. The molecule has 0 spiro atoms. The summed E-state index contributed by atoms with van der Waals surface area (Å²) in [6, 6.07) is 6.45. The number of carbonyl (C=O) groups is 2. The Labute approximate surface area is 177 Å². The number of benzene rings is 1. The van der Waals surface area contributed by atoms with E-state index in [1.54, 1.807) is 12.1 Å². The van der Waals surface area contributed by atoms with Gasteiger partial charge in [0.15, 0.2) is 0 Å². The zero-order chi connectivity index (χ0) is 22.8. The Morgan fingerprint density at radius 3 is 2.74 bits per heavy atom. The lowest BCUT2D eigenvalue weighted by Crippen LogP contribution is -2.43. The van der Waals surface area contributed by atoms with Gasteiger partial charge in [0.25, 0.3) is 5.91 Å². The molecule has 0 fully saturated rings. The minimum Gasteiger partial charge on any atom is -0.382 e. The molecule has 7 nitrogen and oxygen atoms in total. The summed E-state index contributed by atoms with van der Waals surface area (Å²) in [7, 11) is 0. The second-order valence-electron chi connectivity index (χ2n) is 7.75. The Bertz CT molecular complexity index is 981. The van der Waals surface area contributed by atoms with Crippen LogP contribution in [0.5, 0.6) is 0 Å². The van der Waals surface area contributed by atoms with Crippen molar-refractivity contribution in [2.75, 3.05) is 18.4 Å². The molecule has 4 N–H and O–H groups in total. The Hall–Kier alpha value is -2.98. The van der Waals surface area contributed by atoms with Crippen molar-refractivity contribution in [1.82, 2.24) is 9.88 Å². The quantitative estimate of drug-likeness (QED) is 0.644. The van der Waals surface area contributed by atoms with E-state index >= 15 is 0 Å². The molecular weight excluding hydrogens is 413 g/mol. The lowest BCUT2D eigenvalue weighted by Gasteiger charge is -2.34. The standard InChI is InChI=1S/C21H23F3N4O3/c1-12-9-28(11-18(29)19(25)30)10-15-5-14(2-3-17(12)15)20(31)27-16-4-13(7-26-8-16)6-21(22,23)24/h2-5,7-8,12,18,29H,6,9-11H2,1H3,(H2,25,30)(H,27,31)/t12-,18+/m0/s1. The summed E-state index contributed by atoms with van der Waals surface area (Å²) in [5.41, 5.74) is 7.51. The number of halogens is 3. The van der Waals surface area contributed by atoms with Crippen molar-refractivity contribution in [1.29, 1.82) is 0 Å². The van der Waals surface area contributed by atoms with Crippen LogP contribution in [0.1, 0.15) is 39.9 Å². The number of carbonyl (C=O) groups excluding carboxylic acids is 2. The Morgan fingerprint density at radius 2 is 2.06 bits per heavy atom. The van der Waals surface area contributed by atoms with E-state index < -0.39 is 30.5 Å². The molecule has 3 rings (SSSR count).